The van der Waals surface area contributed by atoms with Crippen molar-refractivity contribution in [3.05, 3.63) is 16.0 Å². The molecule has 2 N–H and O–H groups in total. The first-order valence-corrected chi connectivity index (χ1v) is 5.13. The molecule has 5 heteroatoms. The smallest absolute Gasteiger partial charge is 0.0728 e. The quantitative estimate of drug-likeness (QED) is 0.677. The molecule has 1 aromatic rings. The summed E-state index contributed by atoms with van der Waals surface area (Å²) in [4.78, 5) is 0.580. The van der Waals surface area contributed by atoms with Crippen LogP contribution in [0.4, 0.5) is 0 Å². The van der Waals surface area contributed by atoms with Crippen LogP contribution in [0, 0.1) is 3.57 Å². The normalized spacial score (nSPS) is 10.1. The molecule has 0 saturated heterocycles. The van der Waals surface area contributed by atoms with Gasteiger partial charge in [0.05, 0.1) is 14.8 Å². The first-order valence-electron chi connectivity index (χ1n) is 3.65. The Kier molecular flexibility index (Phi) is 3.93. The van der Waals surface area contributed by atoms with Crippen LogP contribution in [0.2, 0.25) is 0 Å². The van der Waals surface area contributed by atoms with Crippen LogP contribution in [0.5, 0.6) is 0 Å². The maximum absolute atomic E-state index is 5.36. The highest BCUT2D eigenvalue weighted by molar-refractivity contribution is 14.1. The van der Waals surface area contributed by atoms with Crippen molar-refractivity contribution >= 4 is 39.8 Å². The fourth-order valence-electron chi connectivity index (χ4n) is 0.876. The van der Waals surface area contributed by atoms with E-state index in [-0.39, 0.29) is 0 Å². The molecular weight excluding hydrogens is 285 g/mol. The minimum absolute atomic E-state index is 0.580. The second kappa shape index (κ2) is 4.76. The van der Waals surface area contributed by atoms with Crippen LogP contribution in [0.25, 0.3) is 0 Å². The molecular formula is C7H10IN3S. The molecule has 0 spiro atoms. The molecule has 0 amide bonds. The number of halogens is 1. The summed E-state index contributed by atoms with van der Waals surface area (Å²) in [7, 11) is 0. The number of rotatable bonds is 4. The first-order chi connectivity index (χ1) is 5.68. The van der Waals surface area contributed by atoms with Crippen LogP contribution >= 0.6 is 34.8 Å². The van der Waals surface area contributed by atoms with Gasteiger partial charge in [0.15, 0.2) is 0 Å². The lowest BCUT2D eigenvalue weighted by Gasteiger charge is -1.99. The Labute approximate surface area is 90.5 Å². The van der Waals surface area contributed by atoms with Gasteiger partial charge in [-0.1, -0.05) is 12.2 Å². The van der Waals surface area contributed by atoms with Crippen molar-refractivity contribution in [2.75, 3.05) is 0 Å². The molecule has 3 nitrogen and oxygen atoms in total. The molecule has 0 bridgehead atoms. The van der Waals surface area contributed by atoms with Gasteiger partial charge < -0.3 is 5.73 Å². The molecule has 12 heavy (non-hydrogen) atoms. The lowest BCUT2D eigenvalue weighted by molar-refractivity contribution is 0.589. The lowest BCUT2D eigenvalue weighted by Crippen LogP contribution is -2.09. The van der Waals surface area contributed by atoms with E-state index in [2.05, 4.69) is 27.7 Å². The van der Waals surface area contributed by atoms with Gasteiger partial charge >= 0.3 is 0 Å². The van der Waals surface area contributed by atoms with E-state index in [0.717, 1.165) is 23.0 Å². The van der Waals surface area contributed by atoms with Crippen LogP contribution in [-0.4, -0.2) is 14.8 Å². The number of hydrogen-bond acceptors (Lipinski definition) is 2. The highest BCUT2D eigenvalue weighted by Gasteiger charge is 1.95. The topological polar surface area (TPSA) is 43.8 Å². The molecule has 1 heterocycles. The van der Waals surface area contributed by atoms with Crippen molar-refractivity contribution in [2.45, 2.75) is 19.4 Å². The fourth-order valence-corrected chi connectivity index (χ4v) is 1.47. The molecule has 0 aliphatic carbocycles. The summed E-state index contributed by atoms with van der Waals surface area (Å²) >= 11 is 6.99. The number of hydrogen-bond donors (Lipinski definition) is 1. The highest BCUT2D eigenvalue weighted by Crippen LogP contribution is 2.02. The second-order valence-corrected chi connectivity index (χ2v) is 4.26. The van der Waals surface area contributed by atoms with Gasteiger partial charge in [-0.15, -0.1) is 0 Å². The third-order valence-corrected chi connectivity index (χ3v) is 2.17. The molecule has 0 atom stereocenters. The second-order valence-electron chi connectivity index (χ2n) is 2.49. The van der Waals surface area contributed by atoms with E-state index < -0.39 is 0 Å². The van der Waals surface area contributed by atoms with Crippen molar-refractivity contribution in [1.82, 2.24) is 9.78 Å². The van der Waals surface area contributed by atoms with Gasteiger partial charge in [0.25, 0.3) is 0 Å². The van der Waals surface area contributed by atoms with E-state index in [1.165, 1.54) is 0 Å². The summed E-state index contributed by atoms with van der Waals surface area (Å²) in [6.07, 6.45) is 5.60. The SMILES string of the molecule is NC(=S)CCCn1cc(I)cn1. The Morgan fingerprint density at radius 3 is 3.00 bits per heavy atom. The fraction of sp³-hybridized carbons (Fsp3) is 0.429. The Morgan fingerprint density at radius 2 is 2.50 bits per heavy atom. The summed E-state index contributed by atoms with van der Waals surface area (Å²) in [5.41, 5.74) is 5.36. The molecule has 66 valence electrons. The molecule has 1 rings (SSSR count). The van der Waals surface area contributed by atoms with Crippen LogP contribution in [0.15, 0.2) is 12.4 Å². The summed E-state index contributed by atoms with van der Waals surface area (Å²) in [5, 5.41) is 4.14. The van der Waals surface area contributed by atoms with Gasteiger partial charge in [-0.25, -0.2) is 0 Å². The molecule has 0 radical (unpaired) electrons. The number of aromatic nitrogens is 2. The Balaban J connectivity index is 2.29. The average Bonchev–Trinajstić information content (AvgIpc) is 2.35. The van der Waals surface area contributed by atoms with E-state index >= 15 is 0 Å². The molecule has 1 aromatic heterocycles. The van der Waals surface area contributed by atoms with Crippen LogP contribution in [0.1, 0.15) is 12.8 Å². The van der Waals surface area contributed by atoms with Gasteiger partial charge in [-0.05, 0) is 35.4 Å². The Hall–Kier alpha value is -0.170. The van der Waals surface area contributed by atoms with Crippen molar-refractivity contribution < 1.29 is 0 Å². The molecule has 0 aliphatic rings. The van der Waals surface area contributed by atoms with Crippen molar-refractivity contribution in [3.63, 3.8) is 0 Å². The van der Waals surface area contributed by atoms with E-state index in [9.17, 15) is 0 Å². The molecule has 0 aliphatic heterocycles. The van der Waals surface area contributed by atoms with Gasteiger partial charge in [0.1, 0.15) is 0 Å². The van der Waals surface area contributed by atoms with Crippen molar-refractivity contribution in [1.29, 1.82) is 0 Å². The van der Waals surface area contributed by atoms with Crippen molar-refractivity contribution in [2.24, 2.45) is 5.73 Å². The van der Waals surface area contributed by atoms with E-state index in [1.807, 2.05) is 17.1 Å². The minimum Gasteiger partial charge on any atom is -0.393 e. The average molecular weight is 295 g/mol. The van der Waals surface area contributed by atoms with Crippen LogP contribution in [-0.2, 0) is 6.54 Å². The molecule has 0 aromatic carbocycles. The monoisotopic (exact) mass is 295 g/mol. The van der Waals surface area contributed by atoms with Gasteiger partial charge in [0.2, 0.25) is 0 Å². The predicted molar refractivity (Wildman–Crippen MR) is 61.0 cm³/mol. The predicted octanol–water partition coefficient (Wildman–Crippen LogP) is 1.55. The number of nitrogens with zero attached hydrogens (tertiary/aromatic N) is 2. The van der Waals surface area contributed by atoms with Gasteiger partial charge in [0, 0.05) is 12.7 Å². The summed E-state index contributed by atoms with van der Waals surface area (Å²) in [5.74, 6) is 0. The zero-order valence-electron chi connectivity index (χ0n) is 6.53. The molecule has 0 saturated carbocycles. The Bertz CT molecular complexity index is 271. The van der Waals surface area contributed by atoms with Gasteiger partial charge in [-0.3, -0.25) is 4.68 Å². The highest BCUT2D eigenvalue weighted by atomic mass is 127. The zero-order chi connectivity index (χ0) is 8.97. The standard InChI is InChI=1S/C7H10IN3S/c8-6-4-10-11(5-6)3-1-2-7(9)12/h4-5H,1-3H2,(H2,9,12). The van der Waals surface area contributed by atoms with Crippen LogP contribution < -0.4 is 5.73 Å². The van der Waals surface area contributed by atoms with E-state index in [4.69, 9.17) is 18.0 Å². The summed E-state index contributed by atoms with van der Waals surface area (Å²) in [6, 6.07) is 0. The number of thiocarbonyl (C=S) groups is 1. The number of nitrogens with two attached hydrogens (primary N) is 1. The lowest BCUT2D eigenvalue weighted by atomic mass is 10.3. The first kappa shape index (κ1) is 9.91. The Morgan fingerprint density at radius 1 is 1.75 bits per heavy atom. The molecule has 0 unspecified atom stereocenters. The number of aryl methyl sites for hydroxylation is 1. The van der Waals surface area contributed by atoms with Crippen LogP contribution in [0.3, 0.4) is 0 Å². The third-order valence-electron chi connectivity index (χ3n) is 1.41. The van der Waals surface area contributed by atoms with Gasteiger partial charge in [-0.2, -0.15) is 5.10 Å². The minimum atomic E-state index is 0.580. The zero-order valence-corrected chi connectivity index (χ0v) is 9.51. The third kappa shape index (κ3) is 3.48. The summed E-state index contributed by atoms with van der Waals surface area (Å²) in [6.45, 7) is 0.889. The summed E-state index contributed by atoms with van der Waals surface area (Å²) < 4.78 is 3.06. The van der Waals surface area contributed by atoms with E-state index in [1.54, 1.807) is 0 Å². The maximum Gasteiger partial charge on any atom is 0.0728 e. The largest absolute Gasteiger partial charge is 0.393 e. The maximum atomic E-state index is 5.36. The molecule has 0 fully saturated rings. The van der Waals surface area contributed by atoms with Crippen molar-refractivity contribution in [3.8, 4) is 0 Å². The van der Waals surface area contributed by atoms with E-state index in [0.29, 0.717) is 4.99 Å².